The van der Waals surface area contributed by atoms with Gasteiger partial charge in [0.2, 0.25) is 0 Å². The van der Waals surface area contributed by atoms with Crippen LogP contribution in [-0.4, -0.2) is 8.86 Å². The maximum atomic E-state index is 2.38. The fraction of sp³-hybridized carbons (Fsp3) is 1.00. The fourth-order valence-electron chi connectivity index (χ4n) is 3.00. The van der Waals surface area contributed by atoms with E-state index < -0.39 is 0 Å². The molecule has 0 N–H and O–H groups in total. The summed E-state index contributed by atoms with van der Waals surface area (Å²) in [7, 11) is 0. The van der Waals surface area contributed by atoms with E-state index in [1.165, 1.54) is 25.2 Å². The first-order chi connectivity index (χ1) is 6.40. The van der Waals surface area contributed by atoms with Crippen LogP contribution in [-0.2, 0) is 0 Å². The number of rotatable bonds is 2. The predicted molar refractivity (Wildman–Crippen MR) is 53.6 cm³/mol. The van der Waals surface area contributed by atoms with Gasteiger partial charge in [-0.25, -0.2) is 0 Å². The Kier molecular flexibility index (Phi) is 3.94. The molecule has 3 unspecified atom stereocenters. The third-order valence-corrected chi connectivity index (χ3v) is 7.13. The molecule has 0 spiro atoms. The van der Waals surface area contributed by atoms with Gasteiger partial charge in [-0.3, -0.25) is 0 Å². The Hall–Kier alpha value is 0.730. The van der Waals surface area contributed by atoms with Crippen molar-refractivity contribution in [1.29, 1.82) is 0 Å². The molecule has 3 atom stereocenters. The zero-order chi connectivity index (χ0) is 9.10. The molecule has 1 aliphatic heterocycles. The molecule has 0 amide bonds. The fourth-order valence-corrected chi connectivity index (χ4v) is 6.65. The van der Waals surface area contributed by atoms with Crippen LogP contribution in [0.1, 0.15) is 45.4 Å². The molecule has 2 fully saturated rings. The number of halogens is 1. The van der Waals surface area contributed by atoms with Crippen LogP contribution < -0.4 is 21.2 Å². The Morgan fingerprint density at radius 3 is 2.77 bits per heavy atom. The van der Waals surface area contributed by atoms with Gasteiger partial charge in [0.05, 0.1) is 0 Å². The molecule has 1 saturated carbocycles. The monoisotopic (exact) mass is 293 g/mol. The number of alkyl halides is 2. The van der Waals surface area contributed by atoms with E-state index in [0.29, 0.717) is 21.2 Å². The van der Waals surface area contributed by atoms with Crippen molar-refractivity contribution in [3.05, 3.63) is 0 Å². The molecule has 1 saturated heterocycles. The maximum absolute atomic E-state index is 2.38. The van der Waals surface area contributed by atoms with Crippen LogP contribution >= 0.6 is 0 Å². The second kappa shape index (κ2) is 4.99. The Morgan fingerprint density at radius 2 is 2.08 bits per heavy atom. The van der Waals surface area contributed by atoms with Gasteiger partial charge in [-0.1, -0.05) is 0 Å². The van der Waals surface area contributed by atoms with Crippen molar-refractivity contribution < 1.29 is 21.2 Å². The van der Waals surface area contributed by atoms with Crippen LogP contribution in [0.2, 0.25) is 0 Å². The molecule has 0 aromatic carbocycles. The van der Waals surface area contributed by atoms with Crippen molar-refractivity contribution in [3.63, 3.8) is 0 Å². The van der Waals surface area contributed by atoms with Crippen LogP contribution in [0.3, 0.4) is 0 Å². The average molecular weight is 293 g/mol. The Bertz CT molecular complexity index is 149. The Labute approximate surface area is 93.1 Å². The molecule has 0 bridgehead atoms. The number of hydrogen-bond acceptors (Lipinski definition) is 0. The molecule has 1 heteroatoms. The van der Waals surface area contributed by atoms with Crippen LogP contribution in [0, 0.1) is 17.8 Å². The van der Waals surface area contributed by atoms with Gasteiger partial charge in [-0.05, 0) is 0 Å². The molecule has 0 nitrogen and oxygen atoms in total. The molecule has 0 aromatic heterocycles. The summed E-state index contributed by atoms with van der Waals surface area (Å²) >= 11 is 0.656. The quantitative estimate of drug-likeness (QED) is 0.508. The minimum absolute atomic E-state index is 0.656. The van der Waals surface area contributed by atoms with E-state index in [9.17, 15) is 0 Å². The molecule has 13 heavy (non-hydrogen) atoms. The predicted octanol–water partition coefficient (Wildman–Crippen LogP) is 0.312. The van der Waals surface area contributed by atoms with Gasteiger partial charge in [0.1, 0.15) is 0 Å². The molecular weight excluding hydrogens is 271 g/mol. The Balaban J connectivity index is 1.84. The van der Waals surface area contributed by atoms with Gasteiger partial charge in [0.25, 0.3) is 0 Å². The number of hydrogen-bond donors (Lipinski definition) is 0. The molecular formula is C12H22I-. The van der Waals surface area contributed by atoms with Gasteiger partial charge < -0.3 is 0 Å². The third kappa shape index (κ3) is 2.60. The summed E-state index contributed by atoms with van der Waals surface area (Å²) in [4.78, 5) is 0. The minimum atomic E-state index is 0.656. The van der Waals surface area contributed by atoms with E-state index in [4.69, 9.17) is 0 Å². The summed E-state index contributed by atoms with van der Waals surface area (Å²) in [5, 5.41) is 0. The second-order valence-corrected chi connectivity index (χ2v) is 7.82. The van der Waals surface area contributed by atoms with E-state index in [1.807, 2.05) is 0 Å². The summed E-state index contributed by atoms with van der Waals surface area (Å²) in [6.07, 6.45) is 9.29. The molecule has 2 aliphatic rings. The van der Waals surface area contributed by atoms with Crippen molar-refractivity contribution in [2.75, 3.05) is 8.86 Å². The summed E-state index contributed by atoms with van der Waals surface area (Å²) in [6, 6.07) is 0. The first kappa shape index (κ1) is 10.3. The van der Waals surface area contributed by atoms with E-state index in [0.717, 1.165) is 11.8 Å². The molecule has 2 rings (SSSR count). The topological polar surface area (TPSA) is 0 Å². The van der Waals surface area contributed by atoms with Gasteiger partial charge in [0, 0.05) is 0 Å². The van der Waals surface area contributed by atoms with Crippen LogP contribution in [0.4, 0.5) is 0 Å². The SMILES string of the molecule is CCC1CCCC(C2CC[I-]C2)C1. The average Bonchev–Trinajstić information content (AvgIpc) is 2.71. The Morgan fingerprint density at radius 1 is 1.15 bits per heavy atom. The van der Waals surface area contributed by atoms with Gasteiger partial charge in [0.15, 0.2) is 0 Å². The van der Waals surface area contributed by atoms with Crippen molar-refractivity contribution in [3.8, 4) is 0 Å². The molecule has 1 aliphatic carbocycles. The van der Waals surface area contributed by atoms with Crippen LogP contribution in [0.5, 0.6) is 0 Å². The first-order valence-electron chi connectivity index (χ1n) is 5.93. The van der Waals surface area contributed by atoms with Gasteiger partial charge >= 0.3 is 93.3 Å². The summed E-state index contributed by atoms with van der Waals surface area (Å²) in [5.41, 5.74) is 0. The molecule has 78 valence electrons. The first-order valence-corrected chi connectivity index (χ1v) is 8.98. The zero-order valence-corrected chi connectivity index (χ0v) is 10.9. The van der Waals surface area contributed by atoms with Gasteiger partial charge in [-0.15, -0.1) is 0 Å². The van der Waals surface area contributed by atoms with Crippen LogP contribution in [0.25, 0.3) is 0 Å². The molecule has 0 radical (unpaired) electrons. The molecule has 0 aromatic rings. The molecule has 1 heterocycles. The summed E-state index contributed by atoms with van der Waals surface area (Å²) in [5.74, 6) is 3.43. The van der Waals surface area contributed by atoms with Crippen molar-refractivity contribution in [2.45, 2.75) is 45.4 Å². The zero-order valence-electron chi connectivity index (χ0n) is 8.77. The second-order valence-electron chi connectivity index (χ2n) is 4.78. The van der Waals surface area contributed by atoms with Crippen molar-refractivity contribution >= 4 is 0 Å². The summed E-state index contributed by atoms with van der Waals surface area (Å²) < 4.78 is 3.30. The van der Waals surface area contributed by atoms with Crippen LogP contribution in [0.15, 0.2) is 0 Å². The van der Waals surface area contributed by atoms with E-state index in [1.54, 1.807) is 28.1 Å². The third-order valence-electron chi connectivity index (χ3n) is 3.99. The van der Waals surface area contributed by atoms with E-state index in [2.05, 4.69) is 6.92 Å². The normalized spacial score (nSPS) is 41.5. The standard InChI is InChI=1S/C12H22I/c1-2-10-4-3-5-11(8-10)12-6-7-13-9-12/h10-12H,2-9H2,1H3/q-1. The summed E-state index contributed by atoms with van der Waals surface area (Å²) in [6.45, 7) is 2.38. The van der Waals surface area contributed by atoms with Gasteiger partial charge in [-0.2, -0.15) is 0 Å². The van der Waals surface area contributed by atoms with Crippen molar-refractivity contribution in [1.82, 2.24) is 0 Å². The van der Waals surface area contributed by atoms with Crippen molar-refractivity contribution in [2.24, 2.45) is 17.8 Å². The van der Waals surface area contributed by atoms with E-state index >= 15 is 0 Å². The van der Waals surface area contributed by atoms with E-state index in [-0.39, 0.29) is 0 Å².